The van der Waals surface area contributed by atoms with Gasteiger partial charge in [0.25, 0.3) is 0 Å². The van der Waals surface area contributed by atoms with E-state index in [1.165, 1.54) is 0 Å². The van der Waals surface area contributed by atoms with Crippen molar-refractivity contribution in [2.75, 3.05) is 13.2 Å². The molecule has 106 valence electrons. The summed E-state index contributed by atoms with van der Waals surface area (Å²) in [5.41, 5.74) is -0.496. The Morgan fingerprint density at radius 1 is 1.42 bits per heavy atom. The van der Waals surface area contributed by atoms with E-state index in [1.54, 1.807) is 6.07 Å². The van der Waals surface area contributed by atoms with Gasteiger partial charge in [-0.25, -0.2) is 4.79 Å². The van der Waals surface area contributed by atoms with Crippen molar-refractivity contribution in [2.24, 2.45) is 0 Å². The van der Waals surface area contributed by atoms with Gasteiger partial charge in [-0.05, 0) is 61.6 Å². The fourth-order valence-corrected chi connectivity index (χ4v) is 1.85. The summed E-state index contributed by atoms with van der Waals surface area (Å²) in [6.07, 6.45) is -0.454. The van der Waals surface area contributed by atoms with Gasteiger partial charge in [0.05, 0.1) is 11.6 Å². The first-order valence-electron chi connectivity index (χ1n) is 5.82. The maximum Gasteiger partial charge on any atom is 0.407 e. The van der Waals surface area contributed by atoms with E-state index in [-0.39, 0.29) is 0 Å². The molecule has 1 aromatic carbocycles. The van der Waals surface area contributed by atoms with Crippen LogP contribution in [-0.2, 0) is 4.74 Å². The van der Waals surface area contributed by atoms with Crippen molar-refractivity contribution < 1.29 is 14.3 Å². The Morgan fingerprint density at radius 3 is 2.74 bits per heavy atom. The Labute approximate surface area is 131 Å². The molecule has 0 saturated carbocycles. The summed E-state index contributed by atoms with van der Waals surface area (Å²) in [6.45, 7) is 6.13. The number of nitrogens with one attached hydrogen (secondary N) is 1. The summed E-state index contributed by atoms with van der Waals surface area (Å²) >= 11 is 8.16. The minimum Gasteiger partial charge on any atom is -0.490 e. The molecule has 0 spiro atoms. The molecule has 19 heavy (non-hydrogen) atoms. The molecule has 1 rings (SSSR count). The normalized spacial score (nSPS) is 11.0. The number of benzene rings is 1. The summed E-state index contributed by atoms with van der Waals surface area (Å²) in [5.74, 6) is 0.611. The van der Waals surface area contributed by atoms with E-state index in [4.69, 9.17) is 21.1 Å². The molecular weight excluding hydrogens is 381 g/mol. The van der Waals surface area contributed by atoms with E-state index in [1.807, 2.05) is 32.9 Å². The number of amides is 1. The van der Waals surface area contributed by atoms with Gasteiger partial charge in [-0.1, -0.05) is 11.6 Å². The van der Waals surface area contributed by atoms with Gasteiger partial charge < -0.3 is 14.8 Å². The van der Waals surface area contributed by atoms with E-state index in [9.17, 15) is 4.79 Å². The zero-order valence-electron chi connectivity index (χ0n) is 11.1. The number of hydrogen-bond acceptors (Lipinski definition) is 3. The topological polar surface area (TPSA) is 47.6 Å². The van der Waals surface area contributed by atoms with Crippen molar-refractivity contribution in [2.45, 2.75) is 26.4 Å². The van der Waals surface area contributed by atoms with Gasteiger partial charge in [-0.2, -0.15) is 0 Å². The first kappa shape index (κ1) is 16.4. The van der Waals surface area contributed by atoms with E-state index in [0.717, 1.165) is 3.57 Å². The fraction of sp³-hybridized carbons (Fsp3) is 0.462. The molecule has 0 radical (unpaired) electrons. The largest absolute Gasteiger partial charge is 0.490 e. The second-order valence-corrected chi connectivity index (χ2v) is 6.50. The van der Waals surface area contributed by atoms with Gasteiger partial charge in [-0.3, -0.25) is 0 Å². The molecule has 1 aromatic rings. The van der Waals surface area contributed by atoms with Gasteiger partial charge in [0.1, 0.15) is 18.0 Å². The van der Waals surface area contributed by atoms with Crippen molar-refractivity contribution in [1.82, 2.24) is 5.32 Å². The molecule has 0 unspecified atom stereocenters. The maximum atomic E-state index is 11.4. The highest BCUT2D eigenvalue weighted by atomic mass is 127. The molecule has 0 aliphatic heterocycles. The third kappa shape index (κ3) is 6.87. The summed E-state index contributed by atoms with van der Waals surface area (Å²) in [6, 6.07) is 5.52. The van der Waals surface area contributed by atoms with Crippen LogP contribution in [0.25, 0.3) is 0 Å². The smallest absolute Gasteiger partial charge is 0.407 e. The number of carbonyl (C=O) groups is 1. The van der Waals surface area contributed by atoms with Crippen LogP contribution in [0.15, 0.2) is 18.2 Å². The monoisotopic (exact) mass is 397 g/mol. The Hall–Kier alpha value is -0.690. The molecular formula is C13H17ClINO3. The molecule has 0 fully saturated rings. The van der Waals surface area contributed by atoms with Gasteiger partial charge in [0.2, 0.25) is 0 Å². The molecule has 1 amide bonds. The maximum absolute atomic E-state index is 11.4. The second kappa shape index (κ2) is 7.19. The molecule has 0 bridgehead atoms. The van der Waals surface area contributed by atoms with E-state index in [2.05, 4.69) is 27.9 Å². The van der Waals surface area contributed by atoms with Gasteiger partial charge in [0, 0.05) is 3.57 Å². The molecule has 0 heterocycles. The molecule has 0 aliphatic carbocycles. The number of halogens is 2. The van der Waals surface area contributed by atoms with Crippen LogP contribution in [-0.4, -0.2) is 24.8 Å². The summed E-state index contributed by atoms with van der Waals surface area (Å²) < 4.78 is 11.6. The van der Waals surface area contributed by atoms with Crippen molar-refractivity contribution in [3.63, 3.8) is 0 Å². The summed E-state index contributed by atoms with van der Waals surface area (Å²) in [5, 5.41) is 3.17. The average Bonchev–Trinajstić information content (AvgIpc) is 2.26. The number of ether oxygens (including phenoxy) is 2. The van der Waals surface area contributed by atoms with Gasteiger partial charge in [0.15, 0.2) is 0 Å². The lowest BCUT2D eigenvalue weighted by Crippen LogP contribution is -2.34. The molecule has 6 heteroatoms. The number of rotatable bonds is 4. The average molecular weight is 398 g/mol. The lowest BCUT2D eigenvalue weighted by atomic mass is 10.2. The van der Waals surface area contributed by atoms with E-state index >= 15 is 0 Å². The number of hydrogen-bond donors (Lipinski definition) is 1. The van der Waals surface area contributed by atoms with Gasteiger partial charge >= 0.3 is 6.09 Å². The Kier molecular flexibility index (Phi) is 6.19. The third-order valence-corrected chi connectivity index (χ3v) is 2.90. The highest BCUT2D eigenvalue weighted by Crippen LogP contribution is 2.25. The van der Waals surface area contributed by atoms with Crippen LogP contribution in [0.4, 0.5) is 4.79 Å². The van der Waals surface area contributed by atoms with Crippen LogP contribution < -0.4 is 10.1 Å². The minimum atomic E-state index is -0.496. The highest BCUT2D eigenvalue weighted by molar-refractivity contribution is 14.1. The predicted molar refractivity (Wildman–Crippen MR) is 83.9 cm³/mol. The molecule has 0 aliphatic rings. The lowest BCUT2D eigenvalue weighted by molar-refractivity contribution is 0.0520. The molecule has 1 N–H and O–H groups in total. The van der Waals surface area contributed by atoms with Crippen LogP contribution in [0.1, 0.15) is 20.8 Å². The van der Waals surface area contributed by atoms with Crippen molar-refractivity contribution in [1.29, 1.82) is 0 Å². The van der Waals surface area contributed by atoms with Crippen LogP contribution in [0.5, 0.6) is 5.75 Å². The number of carbonyl (C=O) groups excluding carboxylic acids is 1. The van der Waals surface area contributed by atoms with E-state index < -0.39 is 11.7 Å². The zero-order valence-corrected chi connectivity index (χ0v) is 14.0. The predicted octanol–water partition coefficient (Wildman–Crippen LogP) is 3.85. The number of alkyl carbamates (subject to hydrolysis) is 1. The standard InChI is InChI=1S/C13H17ClINO3/c1-13(2,3)19-12(17)16-6-7-18-11-8-9(15)4-5-10(11)14/h4-5,8H,6-7H2,1-3H3,(H,16,17). The van der Waals surface area contributed by atoms with Crippen molar-refractivity contribution >= 4 is 40.3 Å². The van der Waals surface area contributed by atoms with Crippen molar-refractivity contribution in [3.8, 4) is 5.75 Å². The third-order valence-electron chi connectivity index (χ3n) is 1.92. The molecule has 0 atom stereocenters. The Morgan fingerprint density at radius 2 is 2.11 bits per heavy atom. The van der Waals surface area contributed by atoms with Crippen LogP contribution in [0.2, 0.25) is 5.02 Å². The highest BCUT2D eigenvalue weighted by Gasteiger charge is 2.15. The van der Waals surface area contributed by atoms with Crippen LogP contribution >= 0.6 is 34.2 Å². The second-order valence-electron chi connectivity index (χ2n) is 4.85. The fourth-order valence-electron chi connectivity index (χ4n) is 1.22. The van der Waals surface area contributed by atoms with E-state index in [0.29, 0.717) is 23.9 Å². The quantitative estimate of drug-likeness (QED) is 0.620. The SMILES string of the molecule is CC(C)(C)OC(=O)NCCOc1cc(I)ccc1Cl. The first-order chi connectivity index (χ1) is 8.78. The van der Waals surface area contributed by atoms with Gasteiger partial charge in [-0.15, -0.1) is 0 Å². The first-order valence-corrected chi connectivity index (χ1v) is 7.28. The zero-order chi connectivity index (χ0) is 14.5. The summed E-state index contributed by atoms with van der Waals surface area (Å²) in [7, 11) is 0. The molecule has 0 saturated heterocycles. The Balaban J connectivity index is 2.31. The minimum absolute atomic E-state index is 0.332. The Bertz CT molecular complexity index is 446. The van der Waals surface area contributed by atoms with Crippen LogP contribution in [0, 0.1) is 3.57 Å². The summed E-state index contributed by atoms with van der Waals surface area (Å²) in [4.78, 5) is 11.4. The van der Waals surface area contributed by atoms with Crippen molar-refractivity contribution in [3.05, 3.63) is 26.8 Å². The molecule has 4 nitrogen and oxygen atoms in total. The molecule has 0 aromatic heterocycles. The van der Waals surface area contributed by atoms with Crippen LogP contribution in [0.3, 0.4) is 0 Å². The lowest BCUT2D eigenvalue weighted by Gasteiger charge is -2.19.